The number of hydrogen-bond acceptors (Lipinski definition) is 5. The van der Waals surface area contributed by atoms with Crippen molar-refractivity contribution in [2.75, 3.05) is 31.6 Å². The van der Waals surface area contributed by atoms with Gasteiger partial charge in [0.25, 0.3) is 0 Å². The van der Waals surface area contributed by atoms with Crippen molar-refractivity contribution in [2.45, 2.75) is 32.2 Å². The van der Waals surface area contributed by atoms with E-state index in [0.29, 0.717) is 17.3 Å². The van der Waals surface area contributed by atoms with E-state index < -0.39 is 5.82 Å². The first-order valence-electron chi connectivity index (χ1n) is 8.85. The number of likely N-dealkylation sites (N-methyl/N-ethyl adjacent to an activating group) is 1. The molecule has 5 nitrogen and oxygen atoms in total. The number of phenolic OH excluding ortho intramolecular Hbond substituents is 1. The molecule has 1 aromatic heterocycles. The van der Waals surface area contributed by atoms with Crippen LogP contribution in [0.1, 0.15) is 24.0 Å². The lowest BCUT2D eigenvalue weighted by Gasteiger charge is -2.36. The van der Waals surface area contributed by atoms with E-state index in [4.69, 9.17) is 0 Å². The summed E-state index contributed by atoms with van der Waals surface area (Å²) in [6.07, 6.45) is 3.33. The van der Waals surface area contributed by atoms with Gasteiger partial charge in [-0.2, -0.15) is 0 Å². The topological polar surface area (TPSA) is 52.5 Å². The third kappa shape index (κ3) is 2.84. The summed E-state index contributed by atoms with van der Waals surface area (Å²) in [7, 11) is 2.17. The molecule has 1 aromatic carbocycles. The predicted octanol–water partition coefficient (Wildman–Crippen LogP) is 2.75. The fraction of sp³-hybridized carbons (Fsp3) is 0.474. The number of fused-ring (bicyclic) bond motifs is 1. The Hall–Kier alpha value is -2.21. The van der Waals surface area contributed by atoms with Gasteiger partial charge >= 0.3 is 0 Å². The average Bonchev–Trinajstić information content (AvgIpc) is 3.01. The zero-order chi connectivity index (χ0) is 17.6. The van der Waals surface area contributed by atoms with Crippen LogP contribution in [-0.2, 0) is 6.42 Å². The summed E-state index contributed by atoms with van der Waals surface area (Å²) in [6.45, 7) is 5.19. The summed E-state index contributed by atoms with van der Waals surface area (Å²) in [4.78, 5) is 4.76. The first-order valence-corrected chi connectivity index (χ1v) is 8.85. The number of anilines is 1. The molecule has 3 heterocycles. The first-order chi connectivity index (χ1) is 12.0. The minimum absolute atomic E-state index is 0.0962. The maximum Gasteiger partial charge on any atom is 0.155 e. The largest absolute Gasteiger partial charge is 0.507 e. The Labute approximate surface area is 147 Å². The molecule has 0 amide bonds. The van der Waals surface area contributed by atoms with Gasteiger partial charge in [-0.05, 0) is 57.5 Å². The van der Waals surface area contributed by atoms with Crippen LogP contribution in [0.25, 0.3) is 11.3 Å². The second-order valence-electron chi connectivity index (χ2n) is 7.14. The third-order valence-corrected chi connectivity index (χ3v) is 5.45. The van der Waals surface area contributed by atoms with Gasteiger partial charge in [0.1, 0.15) is 11.6 Å². The van der Waals surface area contributed by atoms with Crippen molar-refractivity contribution in [1.82, 2.24) is 15.1 Å². The van der Waals surface area contributed by atoms with Gasteiger partial charge in [-0.15, -0.1) is 10.2 Å². The fourth-order valence-electron chi connectivity index (χ4n) is 4.12. The molecule has 0 radical (unpaired) electrons. The lowest BCUT2D eigenvalue weighted by molar-refractivity contribution is 0.245. The summed E-state index contributed by atoms with van der Waals surface area (Å²) in [5, 5.41) is 19.0. The minimum Gasteiger partial charge on any atom is -0.507 e. The van der Waals surface area contributed by atoms with Crippen molar-refractivity contribution in [3.05, 3.63) is 35.1 Å². The van der Waals surface area contributed by atoms with Crippen LogP contribution < -0.4 is 4.90 Å². The first kappa shape index (κ1) is 16.3. The Bertz CT molecular complexity index is 810. The molecule has 0 unspecified atom stereocenters. The van der Waals surface area contributed by atoms with E-state index in [1.165, 1.54) is 24.5 Å². The zero-order valence-corrected chi connectivity index (χ0v) is 14.7. The van der Waals surface area contributed by atoms with E-state index in [1.807, 2.05) is 6.92 Å². The molecule has 0 spiro atoms. The molecule has 1 N–H and O–H groups in total. The molecule has 1 saturated heterocycles. The van der Waals surface area contributed by atoms with Crippen LogP contribution >= 0.6 is 0 Å². The molecule has 6 heteroatoms. The lowest BCUT2D eigenvalue weighted by atomic mass is 10.0. The predicted molar refractivity (Wildman–Crippen MR) is 95.4 cm³/mol. The van der Waals surface area contributed by atoms with Gasteiger partial charge < -0.3 is 14.9 Å². The number of benzene rings is 1. The Morgan fingerprint density at radius 3 is 2.84 bits per heavy atom. The quantitative estimate of drug-likeness (QED) is 0.909. The number of aromatic nitrogens is 2. The summed E-state index contributed by atoms with van der Waals surface area (Å²) >= 11 is 0. The maximum absolute atomic E-state index is 13.3. The molecule has 0 aliphatic carbocycles. The highest BCUT2D eigenvalue weighted by atomic mass is 19.1. The van der Waals surface area contributed by atoms with Gasteiger partial charge in [-0.25, -0.2) is 4.39 Å². The minimum atomic E-state index is -0.458. The van der Waals surface area contributed by atoms with Gasteiger partial charge in [-0.3, -0.25) is 0 Å². The number of halogens is 1. The number of phenols is 1. The maximum atomic E-state index is 13.3. The van der Waals surface area contributed by atoms with Gasteiger partial charge in [0.2, 0.25) is 0 Å². The number of rotatable bonds is 2. The normalized spacial score (nSPS) is 20.8. The van der Waals surface area contributed by atoms with Crippen LogP contribution in [0, 0.1) is 12.7 Å². The summed E-state index contributed by atoms with van der Waals surface area (Å²) in [6, 6.07) is 4.51. The third-order valence-electron chi connectivity index (χ3n) is 5.45. The number of nitrogens with zero attached hydrogens (tertiary/aromatic N) is 4. The molecular weight excluding hydrogens is 319 g/mol. The van der Waals surface area contributed by atoms with Gasteiger partial charge in [0, 0.05) is 36.3 Å². The molecule has 1 fully saturated rings. The highest BCUT2D eigenvalue weighted by molar-refractivity contribution is 5.73. The van der Waals surface area contributed by atoms with Crippen molar-refractivity contribution in [1.29, 1.82) is 0 Å². The summed E-state index contributed by atoms with van der Waals surface area (Å²) < 4.78 is 13.3. The van der Waals surface area contributed by atoms with E-state index in [0.717, 1.165) is 43.5 Å². The molecule has 2 aliphatic rings. The molecule has 0 bridgehead atoms. The fourth-order valence-corrected chi connectivity index (χ4v) is 4.12. The van der Waals surface area contributed by atoms with Crippen LogP contribution in [0.5, 0.6) is 5.75 Å². The van der Waals surface area contributed by atoms with Crippen LogP contribution in [0.2, 0.25) is 0 Å². The highest BCUT2D eigenvalue weighted by Gasteiger charge is 2.32. The second kappa shape index (κ2) is 6.26. The highest BCUT2D eigenvalue weighted by Crippen LogP contribution is 2.37. The molecular formula is C19H23FN4O. The summed E-state index contributed by atoms with van der Waals surface area (Å²) in [5.74, 6) is 0.421. The van der Waals surface area contributed by atoms with Crippen molar-refractivity contribution >= 4 is 5.82 Å². The van der Waals surface area contributed by atoms with Gasteiger partial charge in [0.05, 0.1) is 5.69 Å². The van der Waals surface area contributed by atoms with E-state index in [1.54, 1.807) is 6.07 Å². The average molecular weight is 342 g/mol. The van der Waals surface area contributed by atoms with Crippen molar-refractivity contribution in [2.24, 2.45) is 0 Å². The van der Waals surface area contributed by atoms with E-state index in [-0.39, 0.29) is 5.75 Å². The Balaban J connectivity index is 1.69. The van der Waals surface area contributed by atoms with E-state index in [2.05, 4.69) is 27.0 Å². The lowest BCUT2D eigenvalue weighted by Crippen LogP contribution is -2.46. The number of hydrogen-bond donors (Lipinski definition) is 1. The van der Waals surface area contributed by atoms with Crippen molar-refractivity contribution in [3.63, 3.8) is 0 Å². The number of piperidine rings is 1. The number of aromatic hydroxyl groups is 1. The SMILES string of the molecule is Cc1c(-c2ccc(F)cc2O)nnc2c1CCN2[C@@H]1CCCN(C)C1. The molecule has 2 aromatic rings. The Morgan fingerprint density at radius 1 is 1.24 bits per heavy atom. The van der Waals surface area contributed by atoms with Gasteiger partial charge in [0.15, 0.2) is 5.82 Å². The Kier molecular flexibility index (Phi) is 4.07. The molecule has 25 heavy (non-hydrogen) atoms. The van der Waals surface area contributed by atoms with Crippen LogP contribution in [0.15, 0.2) is 18.2 Å². The summed E-state index contributed by atoms with van der Waals surface area (Å²) in [5.41, 5.74) is 3.39. The van der Waals surface area contributed by atoms with E-state index >= 15 is 0 Å². The number of likely N-dealkylation sites (tertiary alicyclic amines) is 1. The van der Waals surface area contributed by atoms with Crippen molar-refractivity contribution < 1.29 is 9.50 Å². The van der Waals surface area contributed by atoms with Crippen LogP contribution in [0.4, 0.5) is 10.2 Å². The van der Waals surface area contributed by atoms with Crippen LogP contribution in [0.3, 0.4) is 0 Å². The van der Waals surface area contributed by atoms with Crippen molar-refractivity contribution in [3.8, 4) is 17.0 Å². The molecule has 0 saturated carbocycles. The van der Waals surface area contributed by atoms with Gasteiger partial charge in [-0.1, -0.05) is 0 Å². The second-order valence-corrected chi connectivity index (χ2v) is 7.14. The molecule has 2 aliphatic heterocycles. The Morgan fingerprint density at radius 2 is 2.08 bits per heavy atom. The molecule has 4 rings (SSSR count). The standard InChI is InChI=1S/C19H23FN4O/c1-12-15-7-9-24(14-4-3-8-23(2)11-14)19(15)22-21-18(12)16-6-5-13(20)10-17(16)25/h5-6,10,14,25H,3-4,7-9,11H2,1-2H3/t14-/m1/s1. The monoisotopic (exact) mass is 342 g/mol. The van der Waals surface area contributed by atoms with Crippen LogP contribution in [-0.4, -0.2) is 52.9 Å². The van der Waals surface area contributed by atoms with E-state index in [9.17, 15) is 9.50 Å². The zero-order valence-electron chi connectivity index (χ0n) is 14.7. The molecule has 132 valence electrons. The smallest absolute Gasteiger partial charge is 0.155 e. The molecule has 1 atom stereocenters.